The van der Waals surface area contributed by atoms with Gasteiger partial charge in [-0.3, -0.25) is 0 Å². The van der Waals surface area contributed by atoms with Gasteiger partial charge in [0.15, 0.2) is 0 Å². The molecule has 0 aromatic heterocycles. The van der Waals surface area contributed by atoms with Gasteiger partial charge in [0, 0.05) is 0 Å². The molecule has 28 heavy (non-hydrogen) atoms. The van der Waals surface area contributed by atoms with E-state index in [-0.39, 0.29) is 0 Å². The number of hydrogen-bond acceptors (Lipinski definition) is 0. The molecule has 8 rings (SSSR count). The average Bonchev–Trinajstić information content (AvgIpc) is 3.57. The van der Waals surface area contributed by atoms with Gasteiger partial charge in [0.1, 0.15) is 0 Å². The molecule has 8 aliphatic rings. The summed E-state index contributed by atoms with van der Waals surface area (Å²) in [6.45, 7) is 9.61. The van der Waals surface area contributed by atoms with E-state index in [1.54, 1.807) is 51.4 Å². The van der Waals surface area contributed by atoms with E-state index >= 15 is 0 Å². The van der Waals surface area contributed by atoms with Crippen LogP contribution in [-0.2, 0) is 0 Å². The second-order valence-corrected chi connectivity index (χ2v) is 13.0. The van der Waals surface area contributed by atoms with Crippen molar-refractivity contribution < 1.29 is 0 Å². The Morgan fingerprint density at radius 3 is 1.29 bits per heavy atom. The van der Waals surface area contributed by atoms with Crippen molar-refractivity contribution in [3.8, 4) is 0 Å². The fourth-order valence-corrected chi connectivity index (χ4v) is 8.39. The topological polar surface area (TPSA) is 0 Å². The Morgan fingerprint density at radius 2 is 1.11 bits per heavy atom. The summed E-state index contributed by atoms with van der Waals surface area (Å²) in [5, 5.41) is 0. The van der Waals surface area contributed by atoms with E-state index in [1.165, 1.54) is 67.6 Å². The molecule has 160 valence electrons. The van der Waals surface area contributed by atoms with Gasteiger partial charge >= 0.3 is 0 Å². The van der Waals surface area contributed by atoms with Crippen LogP contribution >= 0.6 is 0 Å². The zero-order valence-electron chi connectivity index (χ0n) is 19.5. The van der Waals surface area contributed by atoms with Crippen molar-refractivity contribution in [1.29, 1.82) is 0 Å². The van der Waals surface area contributed by atoms with E-state index in [0.29, 0.717) is 0 Å². The maximum Gasteiger partial charge on any atom is -0.0294 e. The third-order valence-corrected chi connectivity index (χ3v) is 11.0. The lowest BCUT2D eigenvalue weighted by Gasteiger charge is -1.98. The normalized spacial score (nSPS) is 57.0. The smallest absolute Gasteiger partial charge is 0.0294 e. The van der Waals surface area contributed by atoms with Crippen molar-refractivity contribution in [3.63, 3.8) is 0 Å². The van der Waals surface area contributed by atoms with Crippen molar-refractivity contribution in [2.75, 3.05) is 0 Å². The van der Waals surface area contributed by atoms with Crippen LogP contribution < -0.4 is 0 Å². The quantitative estimate of drug-likeness (QED) is 0.393. The molecule has 0 heterocycles. The summed E-state index contributed by atoms with van der Waals surface area (Å²) < 4.78 is 0. The van der Waals surface area contributed by atoms with Crippen LogP contribution in [0.5, 0.6) is 0 Å². The maximum absolute atomic E-state index is 2.44. The van der Waals surface area contributed by atoms with Crippen LogP contribution in [0.15, 0.2) is 0 Å². The summed E-state index contributed by atoms with van der Waals surface area (Å²) in [5.41, 5.74) is 0.861. The van der Waals surface area contributed by atoms with Crippen LogP contribution in [0.3, 0.4) is 0 Å². The molecule has 8 saturated carbocycles. The van der Waals surface area contributed by atoms with Crippen molar-refractivity contribution in [2.24, 2.45) is 64.6 Å². The summed E-state index contributed by atoms with van der Waals surface area (Å²) in [6, 6.07) is 0. The molecule has 0 heteroatoms. The highest BCUT2D eigenvalue weighted by Gasteiger charge is 2.52. The first-order valence-electron chi connectivity index (χ1n) is 13.5. The third-order valence-electron chi connectivity index (χ3n) is 11.0. The number of hydrogen-bond donors (Lipinski definition) is 0. The van der Waals surface area contributed by atoms with Crippen LogP contribution in [0.4, 0.5) is 0 Å². The summed E-state index contributed by atoms with van der Waals surface area (Å²) in [7, 11) is 0. The zero-order chi connectivity index (χ0) is 19.5. The molecule has 0 aromatic carbocycles. The van der Waals surface area contributed by atoms with Gasteiger partial charge in [0.05, 0.1) is 0 Å². The van der Waals surface area contributed by atoms with Crippen LogP contribution in [0, 0.1) is 64.6 Å². The molecule has 8 unspecified atom stereocenters. The third kappa shape index (κ3) is 4.23. The molecule has 0 radical (unpaired) electrons. The van der Waals surface area contributed by atoms with Crippen molar-refractivity contribution in [2.45, 2.75) is 111 Å². The Kier molecular flexibility index (Phi) is 5.41. The van der Waals surface area contributed by atoms with Gasteiger partial charge in [-0.2, -0.15) is 0 Å². The molecule has 0 aliphatic heterocycles. The SMILES string of the molecule is CC12CCCC1C2.CC1C2CCCC12.CC1C2CCCC12.CC1CC2CC2C1. The van der Waals surface area contributed by atoms with Gasteiger partial charge in [-0.25, -0.2) is 0 Å². The highest BCUT2D eigenvalue weighted by atomic mass is 14.6. The number of rotatable bonds is 0. The van der Waals surface area contributed by atoms with Crippen LogP contribution in [0.1, 0.15) is 111 Å². The molecule has 0 bridgehead atoms. The van der Waals surface area contributed by atoms with E-state index in [1.807, 2.05) is 0 Å². The van der Waals surface area contributed by atoms with E-state index in [4.69, 9.17) is 0 Å². The fraction of sp³-hybridized carbons (Fsp3) is 1.00. The molecule has 0 amide bonds. The zero-order valence-corrected chi connectivity index (χ0v) is 19.5. The van der Waals surface area contributed by atoms with Crippen LogP contribution in [0.2, 0.25) is 0 Å². The monoisotopic (exact) mass is 384 g/mol. The van der Waals surface area contributed by atoms with Crippen molar-refractivity contribution in [1.82, 2.24) is 0 Å². The highest BCUT2D eigenvalue weighted by molar-refractivity contribution is 5.03. The molecular formula is C28H48. The molecule has 8 aliphatic carbocycles. The van der Waals surface area contributed by atoms with Gasteiger partial charge < -0.3 is 0 Å². The summed E-state index contributed by atoms with van der Waals surface area (Å²) in [4.78, 5) is 0. The standard InChI is InChI=1S/4C7H12/c1-5-2-6-4-7(6)3-5;1-7-4-2-3-6(7)5-7;2*1-5-6-3-2-4-7(5)6/h5-7H,2-4H2,1H3;6H,2-5H2,1H3;2*5-7H,2-4H2,1H3. The second-order valence-electron chi connectivity index (χ2n) is 13.0. The largest absolute Gasteiger partial charge is 0.0625 e. The van der Waals surface area contributed by atoms with Crippen molar-refractivity contribution >= 4 is 0 Å². The minimum absolute atomic E-state index is 0.861. The predicted octanol–water partition coefficient (Wildman–Crippen LogP) is 8.35. The molecular weight excluding hydrogens is 336 g/mol. The minimum Gasteiger partial charge on any atom is -0.0625 e. The molecule has 0 nitrogen and oxygen atoms in total. The van der Waals surface area contributed by atoms with Gasteiger partial charge in [-0.05, 0) is 129 Å². The lowest BCUT2D eigenvalue weighted by molar-refractivity contribution is 0.535. The molecule has 0 aromatic rings. The Hall–Kier alpha value is 0. The molecule has 0 N–H and O–H groups in total. The van der Waals surface area contributed by atoms with Crippen LogP contribution in [-0.4, -0.2) is 0 Å². The first-order chi connectivity index (χ1) is 13.5. The fourth-order valence-electron chi connectivity index (χ4n) is 8.39. The lowest BCUT2D eigenvalue weighted by atomic mass is 10.1. The van der Waals surface area contributed by atoms with Gasteiger partial charge in [-0.15, -0.1) is 0 Å². The molecule has 0 saturated heterocycles. The Labute approximate surface area is 176 Å². The van der Waals surface area contributed by atoms with E-state index in [0.717, 1.165) is 29.1 Å². The minimum atomic E-state index is 0.861. The van der Waals surface area contributed by atoms with Gasteiger partial charge in [0.2, 0.25) is 0 Å². The molecule has 8 atom stereocenters. The Bertz CT molecular complexity index is 494. The average molecular weight is 385 g/mol. The lowest BCUT2D eigenvalue weighted by Crippen LogP contribution is -1.86. The predicted molar refractivity (Wildman–Crippen MR) is 120 cm³/mol. The van der Waals surface area contributed by atoms with Gasteiger partial charge in [-0.1, -0.05) is 47.0 Å². The Morgan fingerprint density at radius 1 is 0.607 bits per heavy atom. The van der Waals surface area contributed by atoms with E-state index < -0.39 is 0 Å². The summed E-state index contributed by atoms with van der Waals surface area (Å²) in [6.07, 6.45) is 20.0. The number of fused-ring (bicyclic) bond motifs is 4. The van der Waals surface area contributed by atoms with E-state index in [9.17, 15) is 0 Å². The van der Waals surface area contributed by atoms with Crippen molar-refractivity contribution in [3.05, 3.63) is 0 Å². The molecule has 0 spiro atoms. The Balaban J connectivity index is 0.0000000813. The van der Waals surface area contributed by atoms with E-state index in [2.05, 4.69) is 27.7 Å². The summed E-state index contributed by atoms with van der Waals surface area (Å²) in [5.74, 6) is 11.6. The van der Waals surface area contributed by atoms with Gasteiger partial charge in [0.25, 0.3) is 0 Å². The highest BCUT2D eigenvalue weighted by Crippen LogP contribution is 2.63. The maximum atomic E-state index is 2.44. The first kappa shape index (κ1) is 19.9. The molecule has 8 fully saturated rings. The van der Waals surface area contributed by atoms with Crippen LogP contribution in [0.25, 0.3) is 0 Å². The first-order valence-corrected chi connectivity index (χ1v) is 13.5. The second kappa shape index (κ2) is 7.60. The summed E-state index contributed by atoms with van der Waals surface area (Å²) >= 11 is 0.